The lowest BCUT2D eigenvalue weighted by Crippen LogP contribution is -2.39. The summed E-state index contributed by atoms with van der Waals surface area (Å²) in [4.78, 5) is 15.1. The van der Waals surface area contributed by atoms with Crippen LogP contribution in [-0.2, 0) is 17.7 Å². The fraction of sp³-hybridized carbons (Fsp3) is 0.615. The molecule has 1 aromatic rings. The first-order valence-corrected chi connectivity index (χ1v) is 7.63. The molecule has 0 unspecified atom stereocenters. The van der Waals surface area contributed by atoms with Crippen LogP contribution in [0.15, 0.2) is 3.79 Å². The minimum atomic E-state index is -0.427. The van der Waals surface area contributed by atoms with Crippen molar-refractivity contribution in [1.82, 2.24) is 4.90 Å². The lowest BCUT2D eigenvalue weighted by atomic mass is 10.1. The van der Waals surface area contributed by atoms with Crippen LogP contribution >= 0.6 is 27.3 Å². The molecule has 100 valence electrons. The molecule has 0 N–H and O–H groups in total. The van der Waals surface area contributed by atoms with E-state index >= 15 is 0 Å². The van der Waals surface area contributed by atoms with Crippen molar-refractivity contribution in [1.29, 1.82) is 0 Å². The molecule has 0 saturated heterocycles. The number of fused-ring (bicyclic) bond motifs is 1. The van der Waals surface area contributed by atoms with E-state index in [0.717, 1.165) is 13.0 Å². The molecule has 1 amide bonds. The molecule has 1 aromatic heterocycles. The third kappa shape index (κ3) is 2.88. The second kappa shape index (κ2) is 4.85. The van der Waals surface area contributed by atoms with Gasteiger partial charge in [-0.1, -0.05) is 0 Å². The molecule has 0 fully saturated rings. The minimum Gasteiger partial charge on any atom is -0.444 e. The number of carbonyl (C=O) groups is 1. The quantitative estimate of drug-likeness (QED) is 0.715. The fourth-order valence-electron chi connectivity index (χ4n) is 2.01. The van der Waals surface area contributed by atoms with Crippen molar-refractivity contribution < 1.29 is 9.53 Å². The smallest absolute Gasteiger partial charge is 0.410 e. The first-order valence-electron chi connectivity index (χ1n) is 6.02. The zero-order chi connectivity index (χ0) is 13.5. The van der Waals surface area contributed by atoms with Crippen molar-refractivity contribution in [3.8, 4) is 0 Å². The highest BCUT2D eigenvalue weighted by Gasteiger charge is 2.28. The predicted molar refractivity (Wildman–Crippen MR) is 77.1 cm³/mol. The number of halogens is 1. The lowest BCUT2D eigenvalue weighted by Gasteiger charge is -2.30. The summed E-state index contributed by atoms with van der Waals surface area (Å²) in [6.45, 7) is 9.22. The molecule has 5 heteroatoms. The second-order valence-corrected chi connectivity index (χ2v) is 7.98. The standard InChI is InChI=1S/C13H18BrNO2S/c1-8-9-5-6-15(7-10(9)18-11(8)14)12(16)17-13(2,3)4/h5-7H2,1-4H3. The maximum atomic E-state index is 12.0. The number of carbonyl (C=O) groups excluding carboxylic acids is 1. The van der Waals surface area contributed by atoms with Crippen LogP contribution in [0.4, 0.5) is 4.79 Å². The van der Waals surface area contributed by atoms with Gasteiger partial charge in [0.25, 0.3) is 0 Å². The van der Waals surface area contributed by atoms with Crippen molar-refractivity contribution in [3.63, 3.8) is 0 Å². The van der Waals surface area contributed by atoms with Gasteiger partial charge in [0.2, 0.25) is 0 Å². The third-order valence-corrected chi connectivity index (χ3v) is 5.10. The van der Waals surface area contributed by atoms with Gasteiger partial charge in [0.15, 0.2) is 0 Å². The van der Waals surface area contributed by atoms with E-state index in [1.165, 1.54) is 19.8 Å². The van der Waals surface area contributed by atoms with Crippen LogP contribution in [0.1, 0.15) is 36.8 Å². The zero-order valence-corrected chi connectivity index (χ0v) is 13.6. The average molecular weight is 332 g/mol. The Bertz CT molecular complexity index is 476. The summed E-state index contributed by atoms with van der Waals surface area (Å²) >= 11 is 5.29. The molecule has 0 radical (unpaired) electrons. The maximum Gasteiger partial charge on any atom is 0.410 e. The zero-order valence-electron chi connectivity index (χ0n) is 11.2. The average Bonchev–Trinajstić information content (AvgIpc) is 2.52. The molecule has 0 aliphatic carbocycles. The number of rotatable bonds is 0. The lowest BCUT2D eigenvalue weighted by molar-refractivity contribution is 0.0226. The Labute approximate surface area is 120 Å². The van der Waals surface area contributed by atoms with Crippen LogP contribution in [0.2, 0.25) is 0 Å². The summed E-state index contributed by atoms with van der Waals surface area (Å²) in [5.74, 6) is 0. The third-order valence-electron chi connectivity index (χ3n) is 2.91. The monoisotopic (exact) mass is 331 g/mol. The predicted octanol–water partition coefficient (Wildman–Crippen LogP) is 4.11. The van der Waals surface area contributed by atoms with E-state index in [4.69, 9.17) is 4.74 Å². The van der Waals surface area contributed by atoms with E-state index in [-0.39, 0.29) is 6.09 Å². The SMILES string of the molecule is Cc1c(Br)sc2c1CCN(C(=O)OC(C)(C)C)C2. The Morgan fingerprint density at radius 1 is 1.44 bits per heavy atom. The summed E-state index contributed by atoms with van der Waals surface area (Å²) < 4.78 is 6.59. The van der Waals surface area contributed by atoms with Crippen molar-refractivity contribution in [2.45, 2.75) is 46.3 Å². The molecule has 2 heterocycles. The van der Waals surface area contributed by atoms with Crippen LogP contribution in [0, 0.1) is 6.92 Å². The fourth-order valence-corrected chi connectivity index (χ4v) is 3.93. The number of nitrogens with zero attached hydrogens (tertiary/aromatic N) is 1. The van der Waals surface area contributed by atoms with Gasteiger partial charge in [0.05, 0.1) is 10.3 Å². The van der Waals surface area contributed by atoms with Gasteiger partial charge in [0, 0.05) is 11.4 Å². The molecular formula is C13H18BrNO2S. The molecule has 0 atom stereocenters. The van der Waals surface area contributed by atoms with Crippen LogP contribution in [0.25, 0.3) is 0 Å². The normalized spacial score (nSPS) is 15.5. The molecule has 1 aliphatic heterocycles. The van der Waals surface area contributed by atoms with Gasteiger partial charge in [-0.05, 0) is 61.2 Å². The van der Waals surface area contributed by atoms with Gasteiger partial charge in [0.1, 0.15) is 5.60 Å². The van der Waals surface area contributed by atoms with Crippen molar-refractivity contribution in [2.24, 2.45) is 0 Å². The Morgan fingerprint density at radius 3 is 2.72 bits per heavy atom. The highest BCUT2D eigenvalue weighted by atomic mass is 79.9. The molecule has 1 aliphatic rings. The molecule has 0 spiro atoms. The van der Waals surface area contributed by atoms with Crippen molar-refractivity contribution >= 4 is 33.4 Å². The summed E-state index contributed by atoms with van der Waals surface area (Å²) in [5, 5.41) is 0. The van der Waals surface area contributed by atoms with Gasteiger partial charge < -0.3 is 9.64 Å². The summed E-state index contributed by atoms with van der Waals surface area (Å²) in [6, 6.07) is 0. The van der Waals surface area contributed by atoms with Crippen LogP contribution in [-0.4, -0.2) is 23.1 Å². The van der Waals surface area contributed by atoms with Gasteiger partial charge in [-0.3, -0.25) is 0 Å². The Hall–Kier alpha value is -0.550. The summed E-state index contributed by atoms with van der Waals surface area (Å²) in [6.07, 6.45) is 0.706. The minimum absolute atomic E-state index is 0.213. The van der Waals surface area contributed by atoms with Crippen LogP contribution in [0.5, 0.6) is 0 Å². The molecule has 0 saturated carbocycles. The van der Waals surface area contributed by atoms with E-state index in [2.05, 4.69) is 22.9 Å². The largest absolute Gasteiger partial charge is 0.444 e. The van der Waals surface area contributed by atoms with Gasteiger partial charge in [-0.25, -0.2) is 4.79 Å². The highest BCUT2D eigenvalue weighted by Crippen LogP contribution is 2.36. The summed E-state index contributed by atoms with van der Waals surface area (Å²) in [5.41, 5.74) is 2.29. The first-order chi connectivity index (χ1) is 8.28. The van der Waals surface area contributed by atoms with Gasteiger partial charge in [-0.15, -0.1) is 11.3 Å². The maximum absolute atomic E-state index is 12.0. The van der Waals surface area contributed by atoms with Gasteiger partial charge >= 0.3 is 6.09 Å². The molecule has 18 heavy (non-hydrogen) atoms. The van der Waals surface area contributed by atoms with E-state index < -0.39 is 5.60 Å². The molecule has 0 aromatic carbocycles. The highest BCUT2D eigenvalue weighted by molar-refractivity contribution is 9.11. The van der Waals surface area contributed by atoms with E-state index in [9.17, 15) is 4.79 Å². The topological polar surface area (TPSA) is 29.5 Å². The van der Waals surface area contributed by atoms with Gasteiger partial charge in [-0.2, -0.15) is 0 Å². The Morgan fingerprint density at radius 2 is 2.11 bits per heavy atom. The van der Waals surface area contributed by atoms with E-state index in [1.807, 2.05) is 20.8 Å². The van der Waals surface area contributed by atoms with Crippen molar-refractivity contribution in [2.75, 3.05) is 6.54 Å². The number of amides is 1. The molecule has 2 rings (SSSR count). The van der Waals surface area contributed by atoms with Crippen molar-refractivity contribution in [3.05, 3.63) is 19.8 Å². The number of ether oxygens (including phenoxy) is 1. The number of hydrogen-bond acceptors (Lipinski definition) is 3. The van der Waals surface area contributed by atoms with E-state index in [0.29, 0.717) is 6.54 Å². The first kappa shape index (κ1) is 13.9. The number of thiophene rings is 1. The molecular weight excluding hydrogens is 314 g/mol. The van der Waals surface area contributed by atoms with Crippen LogP contribution in [0.3, 0.4) is 0 Å². The molecule has 3 nitrogen and oxygen atoms in total. The van der Waals surface area contributed by atoms with Crippen LogP contribution < -0.4 is 0 Å². The molecule has 0 bridgehead atoms. The summed E-state index contributed by atoms with van der Waals surface area (Å²) in [7, 11) is 0. The number of hydrogen-bond donors (Lipinski definition) is 0. The Kier molecular flexibility index (Phi) is 3.74. The Balaban J connectivity index is 2.10. The van der Waals surface area contributed by atoms with E-state index in [1.54, 1.807) is 16.2 Å². The second-order valence-electron chi connectivity index (χ2n) is 5.55.